The Bertz CT molecular complexity index is 776. The molecule has 0 amide bonds. The molecule has 4 nitrogen and oxygen atoms in total. The first kappa shape index (κ1) is 12.8. The van der Waals surface area contributed by atoms with Crippen molar-refractivity contribution in [3.05, 3.63) is 41.0 Å². The Labute approximate surface area is 130 Å². The number of oxazole rings is 1. The van der Waals surface area contributed by atoms with Crippen LogP contribution in [0.4, 0.5) is 5.82 Å². The molecule has 0 spiro atoms. The first-order valence-corrected chi connectivity index (χ1v) is 7.86. The van der Waals surface area contributed by atoms with Crippen LogP contribution in [-0.4, -0.2) is 23.1 Å². The van der Waals surface area contributed by atoms with Crippen LogP contribution >= 0.6 is 15.9 Å². The Hall–Kier alpha value is -1.88. The number of hydrogen-bond donors (Lipinski definition) is 0. The van der Waals surface area contributed by atoms with Crippen LogP contribution in [0, 0.1) is 0 Å². The van der Waals surface area contributed by atoms with E-state index in [1.807, 2.05) is 36.5 Å². The fourth-order valence-electron chi connectivity index (χ4n) is 2.67. The number of rotatable bonds is 2. The molecule has 106 valence electrons. The van der Waals surface area contributed by atoms with E-state index in [1.165, 1.54) is 12.8 Å². The number of fused-ring (bicyclic) bond motifs is 1. The van der Waals surface area contributed by atoms with E-state index < -0.39 is 0 Å². The zero-order valence-corrected chi connectivity index (χ0v) is 13.0. The largest absolute Gasteiger partial charge is 0.436 e. The van der Waals surface area contributed by atoms with E-state index in [-0.39, 0.29) is 0 Å². The molecule has 3 heterocycles. The van der Waals surface area contributed by atoms with Gasteiger partial charge in [-0.2, -0.15) is 0 Å². The Morgan fingerprint density at radius 3 is 2.71 bits per heavy atom. The van der Waals surface area contributed by atoms with Gasteiger partial charge in [-0.3, -0.25) is 0 Å². The van der Waals surface area contributed by atoms with E-state index >= 15 is 0 Å². The Balaban J connectivity index is 1.67. The van der Waals surface area contributed by atoms with Crippen LogP contribution in [0.2, 0.25) is 0 Å². The van der Waals surface area contributed by atoms with Gasteiger partial charge in [-0.1, -0.05) is 15.9 Å². The van der Waals surface area contributed by atoms with Crippen LogP contribution in [0.1, 0.15) is 12.8 Å². The molecule has 0 radical (unpaired) electrons. The molecule has 1 saturated heterocycles. The normalized spacial score (nSPS) is 15.0. The van der Waals surface area contributed by atoms with Crippen molar-refractivity contribution in [2.75, 3.05) is 18.0 Å². The fraction of sp³-hybridized carbons (Fsp3) is 0.250. The maximum absolute atomic E-state index is 5.79. The number of anilines is 1. The Morgan fingerprint density at radius 2 is 1.95 bits per heavy atom. The number of hydrogen-bond acceptors (Lipinski definition) is 4. The number of aromatic nitrogens is 2. The predicted octanol–water partition coefficient (Wildman–Crippen LogP) is 4.25. The van der Waals surface area contributed by atoms with Gasteiger partial charge in [-0.15, -0.1) is 0 Å². The van der Waals surface area contributed by atoms with Gasteiger partial charge in [-0.25, -0.2) is 9.97 Å². The molecule has 0 aliphatic carbocycles. The molecule has 1 fully saturated rings. The summed E-state index contributed by atoms with van der Waals surface area (Å²) in [5.41, 5.74) is 2.55. The molecule has 0 unspecified atom stereocenters. The maximum Gasteiger partial charge on any atom is 0.228 e. The van der Waals surface area contributed by atoms with Crippen molar-refractivity contribution in [1.29, 1.82) is 0 Å². The quantitative estimate of drug-likeness (QED) is 0.697. The third-order valence-corrected chi connectivity index (χ3v) is 4.27. The van der Waals surface area contributed by atoms with Gasteiger partial charge in [0.05, 0.1) is 5.56 Å². The SMILES string of the molecule is Brc1ccc2oc(-c3ccc(N4CCCC4)nc3)nc2c1. The van der Waals surface area contributed by atoms with E-state index in [9.17, 15) is 0 Å². The summed E-state index contributed by atoms with van der Waals surface area (Å²) in [7, 11) is 0. The van der Waals surface area contributed by atoms with Crippen molar-refractivity contribution in [2.45, 2.75) is 12.8 Å². The van der Waals surface area contributed by atoms with Crippen molar-refractivity contribution in [1.82, 2.24) is 9.97 Å². The van der Waals surface area contributed by atoms with E-state index in [0.717, 1.165) is 40.0 Å². The van der Waals surface area contributed by atoms with E-state index in [2.05, 4.69) is 30.8 Å². The van der Waals surface area contributed by atoms with Gasteiger partial charge in [0.1, 0.15) is 11.3 Å². The highest BCUT2D eigenvalue weighted by Crippen LogP contribution is 2.27. The van der Waals surface area contributed by atoms with Crippen LogP contribution in [0.5, 0.6) is 0 Å². The lowest BCUT2D eigenvalue weighted by Gasteiger charge is -2.15. The van der Waals surface area contributed by atoms with Gasteiger partial charge in [0, 0.05) is 23.8 Å². The maximum atomic E-state index is 5.79. The second kappa shape index (κ2) is 5.15. The summed E-state index contributed by atoms with van der Waals surface area (Å²) >= 11 is 3.45. The summed E-state index contributed by atoms with van der Waals surface area (Å²) in [5.74, 6) is 1.65. The molecule has 1 aliphatic heterocycles. The van der Waals surface area contributed by atoms with Gasteiger partial charge in [0.15, 0.2) is 5.58 Å². The Kier molecular flexibility index (Phi) is 3.15. The van der Waals surface area contributed by atoms with Crippen molar-refractivity contribution in [3.63, 3.8) is 0 Å². The van der Waals surface area contributed by atoms with Crippen molar-refractivity contribution < 1.29 is 4.42 Å². The molecule has 1 aromatic carbocycles. The average Bonchev–Trinajstić information content (AvgIpc) is 3.16. The first-order chi connectivity index (χ1) is 10.3. The summed E-state index contributed by atoms with van der Waals surface area (Å²) in [5, 5.41) is 0. The van der Waals surface area contributed by atoms with E-state index in [4.69, 9.17) is 4.42 Å². The zero-order chi connectivity index (χ0) is 14.2. The van der Waals surface area contributed by atoms with Crippen LogP contribution in [0.25, 0.3) is 22.6 Å². The number of pyridine rings is 1. The molecule has 2 aromatic heterocycles. The van der Waals surface area contributed by atoms with Crippen LogP contribution < -0.4 is 4.90 Å². The topological polar surface area (TPSA) is 42.2 Å². The van der Waals surface area contributed by atoms with Gasteiger partial charge < -0.3 is 9.32 Å². The second-order valence-electron chi connectivity index (χ2n) is 5.23. The minimum atomic E-state index is 0.614. The summed E-state index contributed by atoms with van der Waals surface area (Å²) in [6, 6.07) is 9.90. The number of benzene rings is 1. The lowest BCUT2D eigenvalue weighted by molar-refractivity contribution is 0.619. The lowest BCUT2D eigenvalue weighted by atomic mass is 10.3. The van der Waals surface area contributed by atoms with Crippen molar-refractivity contribution in [2.24, 2.45) is 0 Å². The number of nitrogens with zero attached hydrogens (tertiary/aromatic N) is 3. The zero-order valence-electron chi connectivity index (χ0n) is 11.4. The third-order valence-electron chi connectivity index (χ3n) is 3.77. The highest BCUT2D eigenvalue weighted by atomic mass is 79.9. The average molecular weight is 344 g/mol. The van der Waals surface area contributed by atoms with E-state index in [1.54, 1.807) is 0 Å². The molecule has 1 aliphatic rings. The molecule has 0 bridgehead atoms. The predicted molar refractivity (Wildman–Crippen MR) is 86.4 cm³/mol. The summed E-state index contributed by atoms with van der Waals surface area (Å²) in [6.07, 6.45) is 4.35. The summed E-state index contributed by atoms with van der Waals surface area (Å²) in [4.78, 5) is 11.4. The number of halogens is 1. The molecule has 5 heteroatoms. The fourth-order valence-corrected chi connectivity index (χ4v) is 3.02. The minimum Gasteiger partial charge on any atom is -0.436 e. The smallest absolute Gasteiger partial charge is 0.228 e. The molecule has 0 atom stereocenters. The monoisotopic (exact) mass is 343 g/mol. The summed E-state index contributed by atoms with van der Waals surface area (Å²) < 4.78 is 6.79. The Morgan fingerprint density at radius 1 is 1.10 bits per heavy atom. The van der Waals surface area contributed by atoms with Gasteiger partial charge in [0.25, 0.3) is 0 Å². The second-order valence-corrected chi connectivity index (χ2v) is 6.15. The van der Waals surface area contributed by atoms with E-state index in [0.29, 0.717) is 5.89 Å². The molecule has 0 saturated carbocycles. The summed E-state index contributed by atoms with van der Waals surface area (Å²) in [6.45, 7) is 2.20. The van der Waals surface area contributed by atoms with Crippen LogP contribution in [0.3, 0.4) is 0 Å². The lowest BCUT2D eigenvalue weighted by Crippen LogP contribution is -2.18. The first-order valence-electron chi connectivity index (χ1n) is 7.07. The van der Waals surface area contributed by atoms with Crippen LogP contribution in [-0.2, 0) is 0 Å². The van der Waals surface area contributed by atoms with Gasteiger partial charge in [-0.05, 0) is 43.2 Å². The highest BCUT2D eigenvalue weighted by molar-refractivity contribution is 9.10. The highest BCUT2D eigenvalue weighted by Gasteiger charge is 2.14. The standard InChI is InChI=1S/C16H14BrN3O/c17-12-4-5-14-13(9-12)19-16(21-14)11-3-6-15(18-10-11)20-7-1-2-8-20/h3-6,9-10H,1-2,7-8H2. The molecule has 4 rings (SSSR count). The molecule has 21 heavy (non-hydrogen) atoms. The minimum absolute atomic E-state index is 0.614. The van der Waals surface area contributed by atoms with Crippen molar-refractivity contribution in [3.8, 4) is 11.5 Å². The third kappa shape index (κ3) is 2.42. The molecular weight excluding hydrogens is 330 g/mol. The molecule has 0 N–H and O–H groups in total. The van der Waals surface area contributed by atoms with Crippen LogP contribution in [0.15, 0.2) is 45.4 Å². The van der Waals surface area contributed by atoms with Gasteiger partial charge in [0.2, 0.25) is 5.89 Å². The van der Waals surface area contributed by atoms with Gasteiger partial charge >= 0.3 is 0 Å². The molecular formula is C16H14BrN3O. The molecule has 3 aromatic rings. The van der Waals surface area contributed by atoms with Crippen molar-refractivity contribution >= 4 is 32.8 Å².